The maximum atomic E-state index is 11.9. The molecule has 0 aromatic heterocycles. The van der Waals surface area contributed by atoms with E-state index in [1.54, 1.807) is 0 Å². The zero-order valence-corrected chi connectivity index (χ0v) is 13.4. The van der Waals surface area contributed by atoms with Gasteiger partial charge < -0.3 is 5.11 Å². The summed E-state index contributed by atoms with van der Waals surface area (Å²) in [6.07, 6.45) is 8.07. The van der Waals surface area contributed by atoms with Crippen molar-refractivity contribution in [2.24, 2.45) is 5.41 Å². The Labute approximate surface area is 128 Å². The molecule has 2 rings (SSSR count). The Bertz CT molecular complexity index is 451. The second kappa shape index (κ2) is 7.11. The molecule has 0 unspecified atom stereocenters. The molecule has 21 heavy (non-hydrogen) atoms. The molecule has 0 atom stereocenters. The Morgan fingerprint density at radius 2 is 1.57 bits per heavy atom. The maximum Gasteiger partial charge on any atom is 0.309 e. The van der Waals surface area contributed by atoms with Gasteiger partial charge >= 0.3 is 5.97 Å². The molecule has 1 saturated carbocycles. The third kappa shape index (κ3) is 4.09. The van der Waals surface area contributed by atoms with Crippen molar-refractivity contribution < 1.29 is 9.90 Å². The predicted molar refractivity (Wildman–Crippen MR) is 86.6 cm³/mol. The van der Waals surface area contributed by atoms with E-state index in [9.17, 15) is 9.90 Å². The first-order valence-corrected chi connectivity index (χ1v) is 8.36. The monoisotopic (exact) mass is 288 g/mol. The summed E-state index contributed by atoms with van der Waals surface area (Å²) in [7, 11) is 0. The van der Waals surface area contributed by atoms with Crippen LogP contribution in [0.2, 0.25) is 0 Å². The summed E-state index contributed by atoms with van der Waals surface area (Å²) in [4.78, 5) is 11.9. The Hall–Kier alpha value is -1.31. The van der Waals surface area contributed by atoms with Crippen molar-refractivity contribution in [2.75, 3.05) is 0 Å². The van der Waals surface area contributed by atoms with Gasteiger partial charge in [-0.3, -0.25) is 4.79 Å². The van der Waals surface area contributed by atoms with Crippen LogP contribution in [-0.4, -0.2) is 11.1 Å². The standard InChI is InChI=1S/C19H28O2/c1-15(2)17-10-8-16(9-11-17)14-19(18(20)21)12-6-4-3-5-7-13-19/h8-11,15H,3-7,12-14H2,1-2H3,(H,20,21). The van der Waals surface area contributed by atoms with Crippen LogP contribution < -0.4 is 0 Å². The first-order chi connectivity index (χ1) is 10.0. The molecular formula is C19H28O2. The number of aliphatic carboxylic acids is 1. The first kappa shape index (κ1) is 16.1. The minimum absolute atomic E-state index is 0.522. The summed E-state index contributed by atoms with van der Waals surface area (Å²) >= 11 is 0. The summed E-state index contributed by atoms with van der Waals surface area (Å²) in [5.41, 5.74) is 1.95. The van der Waals surface area contributed by atoms with Crippen molar-refractivity contribution in [2.45, 2.75) is 71.1 Å². The lowest BCUT2D eigenvalue weighted by Gasteiger charge is -2.31. The van der Waals surface area contributed by atoms with Crippen molar-refractivity contribution in [1.29, 1.82) is 0 Å². The fourth-order valence-corrected chi connectivity index (χ4v) is 3.46. The molecule has 0 heterocycles. The third-order valence-electron chi connectivity index (χ3n) is 4.95. The predicted octanol–water partition coefficient (Wildman–Crippen LogP) is 5.17. The van der Waals surface area contributed by atoms with Crippen LogP contribution in [0.3, 0.4) is 0 Å². The topological polar surface area (TPSA) is 37.3 Å². The van der Waals surface area contributed by atoms with Crippen LogP contribution in [0.25, 0.3) is 0 Å². The summed E-state index contributed by atoms with van der Waals surface area (Å²) in [5.74, 6) is -0.0776. The fraction of sp³-hybridized carbons (Fsp3) is 0.632. The molecule has 1 N–H and O–H groups in total. The molecule has 0 bridgehead atoms. The number of hydrogen-bond donors (Lipinski definition) is 1. The molecule has 116 valence electrons. The first-order valence-electron chi connectivity index (χ1n) is 8.36. The van der Waals surface area contributed by atoms with E-state index in [1.165, 1.54) is 30.4 Å². The normalized spacial score (nSPS) is 19.0. The lowest BCUT2D eigenvalue weighted by molar-refractivity contribution is -0.150. The van der Waals surface area contributed by atoms with Crippen molar-refractivity contribution in [3.8, 4) is 0 Å². The van der Waals surface area contributed by atoms with Crippen LogP contribution >= 0.6 is 0 Å². The highest BCUT2D eigenvalue weighted by molar-refractivity contribution is 5.75. The van der Waals surface area contributed by atoms with Gasteiger partial charge in [0, 0.05) is 0 Å². The molecule has 0 radical (unpaired) electrons. The van der Waals surface area contributed by atoms with Gasteiger partial charge in [0.25, 0.3) is 0 Å². The van der Waals surface area contributed by atoms with Crippen molar-refractivity contribution in [3.63, 3.8) is 0 Å². The minimum atomic E-state index is -0.600. The summed E-state index contributed by atoms with van der Waals surface area (Å²) in [6, 6.07) is 8.55. The van der Waals surface area contributed by atoms with Gasteiger partial charge in [0.15, 0.2) is 0 Å². The molecule has 2 heteroatoms. The minimum Gasteiger partial charge on any atom is -0.481 e. The van der Waals surface area contributed by atoms with Gasteiger partial charge in [-0.25, -0.2) is 0 Å². The lowest BCUT2D eigenvalue weighted by atomic mass is 9.72. The maximum absolute atomic E-state index is 11.9. The van der Waals surface area contributed by atoms with Crippen LogP contribution in [0, 0.1) is 5.41 Å². The molecule has 0 saturated heterocycles. The Morgan fingerprint density at radius 1 is 1.05 bits per heavy atom. The van der Waals surface area contributed by atoms with Gasteiger partial charge in [-0.1, -0.05) is 70.2 Å². The number of rotatable bonds is 4. The smallest absolute Gasteiger partial charge is 0.309 e. The van der Waals surface area contributed by atoms with E-state index >= 15 is 0 Å². The fourth-order valence-electron chi connectivity index (χ4n) is 3.46. The van der Waals surface area contributed by atoms with Crippen LogP contribution in [-0.2, 0) is 11.2 Å². The molecule has 0 aliphatic heterocycles. The molecule has 0 amide bonds. The van der Waals surface area contributed by atoms with Crippen LogP contribution in [0.5, 0.6) is 0 Å². The lowest BCUT2D eigenvalue weighted by Crippen LogP contribution is -2.34. The zero-order chi connectivity index (χ0) is 15.3. The van der Waals surface area contributed by atoms with Gasteiger partial charge in [-0.2, -0.15) is 0 Å². The van der Waals surface area contributed by atoms with Gasteiger partial charge in [0.1, 0.15) is 0 Å². The van der Waals surface area contributed by atoms with E-state index in [2.05, 4.69) is 38.1 Å². The Morgan fingerprint density at radius 3 is 2.05 bits per heavy atom. The van der Waals surface area contributed by atoms with E-state index in [0.29, 0.717) is 12.3 Å². The van der Waals surface area contributed by atoms with Crippen molar-refractivity contribution in [3.05, 3.63) is 35.4 Å². The second-order valence-corrected chi connectivity index (χ2v) is 6.93. The Balaban J connectivity index is 2.16. The highest BCUT2D eigenvalue weighted by Gasteiger charge is 2.38. The molecule has 0 spiro atoms. The highest BCUT2D eigenvalue weighted by Crippen LogP contribution is 2.38. The molecule has 2 nitrogen and oxygen atoms in total. The van der Waals surface area contributed by atoms with Gasteiger partial charge in [0.2, 0.25) is 0 Å². The number of benzene rings is 1. The molecule has 1 aromatic carbocycles. The third-order valence-corrected chi connectivity index (χ3v) is 4.95. The SMILES string of the molecule is CC(C)c1ccc(CC2(C(=O)O)CCCCCCC2)cc1. The van der Waals surface area contributed by atoms with Crippen LogP contribution in [0.4, 0.5) is 0 Å². The van der Waals surface area contributed by atoms with Crippen molar-refractivity contribution in [1.82, 2.24) is 0 Å². The van der Waals surface area contributed by atoms with E-state index < -0.39 is 11.4 Å². The zero-order valence-electron chi connectivity index (χ0n) is 13.4. The van der Waals surface area contributed by atoms with Gasteiger partial charge in [0.05, 0.1) is 5.41 Å². The van der Waals surface area contributed by atoms with Crippen molar-refractivity contribution >= 4 is 5.97 Å². The summed E-state index contributed by atoms with van der Waals surface area (Å²) in [5, 5.41) is 9.81. The molecule has 1 aromatic rings. The molecular weight excluding hydrogens is 260 g/mol. The van der Waals surface area contributed by atoms with E-state index in [1.807, 2.05) is 0 Å². The number of carboxylic acid groups (broad SMARTS) is 1. The average Bonchev–Trinajstić information content (AvgIpc) is 2.42. The van der Waals surface area contributed by atoms with Gasteiger partial charge in [-0.05, 0) is 36.3 Å². The van der Waals surface area contributed by atoms with E-state index in [-0.39, 0.29) is 0 Å². The number of carboxylic acids is 1. The van der Waals surface area contributed by atoms with Crippen LogP contribution in [0.15, 0.2) is 24.3 Å². The highest BCUT2D eigenvalue weighted by atomic mass is 16.4. The molecule has 1 fully saturated rings. The van der Waals surface area contributed by atoms with E-state index in [4.69, 9.17) is 0 Å². The number of carbonyl (C=O) groups is 1. The van der Waals surface area contributed by atoms with Gasteiger partial charge in [-0.15, -0.1) is 0 Å². The molecule has 1 aliphatic carbocycles. The van der Waals surface area contributed by atoms with Crippen LogP contribution in [0.1, 0.15) is 75.8 Å². The summed E-state index contributed by atoms with van der Waals surface area (Å²) < 4.78 is 0. The quantitative estimate of drug-likeness (QED) is 0.830. The summed E-state index contributed by atoms with van der Waals surface area (Å²) in [6.45, 7) is 4.37. The van der Waals surface area contributed by atoms with E-state index in [0.717, 1.165) is 25.7 Å². The Kier molecular flexibility index (Phi) is 5.44. The largest absolute Gasteiger partial charge is 0.481 e. The molecule has 1 aliphatic rings. The average molecular weight is 288 g/mol. The number of hydrogen-bond acceptors (Lipinski definition) is 1. The second-order valence-electron chi connectivity index (χ2n) is 6.93.